The first-order valence-electron chi connectivity index (χ1n) is 4.96. The fourth-order valence-electron chi connectivity index (χ4n) is 1.37. The maximum absolute atomic E-state index is 11.6. The predicted octanol–water partition coefficient (Wildman–Crippen LogP) is 0.170. The Morgan fingerprint density at radius 2 is 2.33 bits per heavy atom. The van der Waals surface area contributed by atoms with Crippen LogP contribution >= 0.6 is 0 Å². The van der Waals surface area contributed by atoms with Crippen molar-refractivity contribution in [2.45, 2.75) is 19.9 Å². The number of aromatic nitrogens is 2. The van der Waals surface area contributed by atoms with Crippen LogP contribution in [0.25, 0.3) is 0 Å². The van der Waals surface area contributed by atoms with E-state index in [1.165, 1.54) is 13.2 Å². The maximum Gasteiger partial charge on any atom is 0.299 e. The van der Waals surface area contributed by atoms with Crippen molar-refractivity contribution in [3.63, 3.8) is 0 Å². The highest BCUT2D eigenvalue weighted by atomic mass is 16.5. The van der Waals surface area contributed by atoms with E-state index in [1.807, 2.05) is 7.05 Å². The fraction of sp³-hybridized carbons (Fsp3) is 0.600. The van der Waals surface area contributed by atoms with Gasteiger partial charge in [0.1, 0.15) is 0 Å². The molecule has 0 fully saturated rings. The molecule has 1 aromatic rings. The van der Waals surface area contributed by atoms with Crippen LogP contribution < -0.4 is 15.6 Å². The third-order valence-corrected chi connectivity index (χ3v) is 2.09. The molecule has 1 aromatic heterocycles. The molecule has 15 heavy (non-hydrogen) atoms. The lowest BCUT2D eigenvalue weighted by Crippen LogP contribution is -2.24. The highest BCUT2D eigenvalue weighted by Gasteiger charge is 2.06. The number of ether oxygens (including phenoxy) is 1. The van der Waals surface area contributed by atoms with E-state index in [9.17, 15) is 4.79 Å². The molecular weight excluding hydrogens is 194 g/mol. The number of hydrogen-bond acceptors (Lipinski definition) is 4. The first-order chi connectivity index (χ1) is 7.19. The molecule has 0 aliphatic heterocycles. The Balaban J connectivity index is 2.89. The summed E-state index contributed by atoms with van der Waals surface area (Å²) in [6, 6.07) is 1.90. The van der Waals surface area contributed by atoms with E-state index < -0.39 is 0 Å². The molecule has 0 aliphatic rings. The van der Waals surface area contributed by atoms with E-state index in [0.29, 0.717) is 18.2 Å². The van der Waals surface area contributed by atoms with Crippen molar-refractivity contribution in [2.24, 2.45) is 0 Å². The Hall–Kier alpha value is -1.36. The molecule has 0 aliphatic carbocycles. The standard InChI is InChI=1S/C10H17N3O2/c1-8-7-9(14)13(6-4-5-11-2)10(12-8)15-3/h7,11H,4-6H2,1-3H3. The smallest absolute Gasteiger partial charge is 0.299 e. The summed E-state index contributed by atoms with van der Waals surface area (Å²) in [6.45, 7) is 3.27. The molecule has 0 amide bonds. The van der Waals surface area contributed by atoms with Gasteiger partial charge in [-0.15, -0.1) is 0 Å². The first-order valence-corrected chi connectivity index (χ1v) is 4.96. The molecule has 1 N–H and O–H groups in total. The summed E-state index contributed by atoms with van der Waals surface area (Å²) in [7, 11) is 3.41. The predicted molar refractivity (Wildman–Crippen MR) is 58.3 cm³/mol. The minimum absolute atomic E-state index is 0.0598. The lowest BCUT2D eigenvalue weighted by atomic mass is 10.4. The molecule has 1 heterocycles. The highest BCUT2D eigenvalue weighted by Crippen LogP contribution is 2.04. The molecule has 0 saturated heterocycles. The maximum atomic E-state index is 11.6. The second-order valence-electron chi connectivity index (χ2n) is 3.33. The molecule has 0 atom stereocenters. The number of rotatable bonds is 5. The Morgan fingerprint density at radius 1 is 1.60 bits per heavy atom. The quantitative estimate of drug-likeness (QED) is 0.705. The van der Waals surface area contributed by atoms with Crippen molar-refractivity contribution in [3.05, 3.63) is 22.1 Å². The molecule has 5 heteroatoms. The minimum Gasteiger partial charge on any atom is -0.468 e. The average Bonchev–Trinajstić information content (AvgIpc) is 2.20. The van der Waals surface area contributed by atoms with E-state index >= 15 is 0 Å². The number of methoxy groups -OCH3 is 1. The monoisotopic (exact) mass is 211 g/mol. The fourth-order valence-corrected chi connectivity index (χ4v) is 1.37. The molecule has 0 spiro atoms. The topological polar surface area (TPSA) is 56.1 Å². The molecule has 0 unspecified atom stereocenters. The van der Waals surface area contributed by atoms with Gasteiger partial charge in [0.05, 0.1) is 7.11 Å². The van der Waals surface area contributed by atoms with Crippen LogP contribution in [0.15, 0.2) is 10.9 Å². The van der Waals surface area contributed by atoms with Gasteiger partial charge in [0.15, 0.2) is 0 Å². The zero-order valence-corrected chi connectivity index (χ0v) is 9.41. The van der Waals surface area contributed by atoms with E-state index in [1.54, 1.807) is 11.5 Å². The van der Waals surface area contributed by atoms with Crippen molar-refractivity contribution in [1.29, 1.82) is 0 Å². The summed E-state index contributed by atoms with van der Waals surface area (Å²) in [4.78, 5) is 15.8. The SMILES string of the molecule is CNCCCn1c(OC)nc(C)cc1=O. The van der Waals surface area contributed by atoms with Crippen LogP contribution in [-0.2, 0) is 6.54 Å². The van der Waals surface area contributed by atoms with Crippen molar-refractivity contribution in [2.75, 3.05) is 20.7 Å². The summed E-state index contributed by atoms with van der Waals surface area (Å²) in [5.41, 5.74) is 0.622. The van der Waals surface area contributed by atoms with Gasteiger partial charge in [-0.2, -0.15) is 0 Å². The number of hydrogen-bond donors (Lipinski definition) is 1. The van der Waals surface area contributed by atoms with Gasteiger partial charge in [0.2, 0.25) is 0 Å². The second kappa shape index (κ2) is 5.50. The summed E-state index contributed by atoms with van der Waals surface area (Å²) < 4.78 is 6.62. The van der Waals surface area contributed by atoms with Gasteiger partial charge in [0, 0.05) is 18.3 Å². The third-order valence-electron chi connectivity index (χ3n) is 2.09. The van der Waals surface area contributed by atoms with E-state index in [0.717, 1.165) is 13.0 Å². The lowest BCUT2D eigenvalue weighted by molar-refractivity contribution is 0.342. The van der Waals surface area contributed by atoms with Crippen LogP contribution in [0.1, 0.15) is 12.1 Å². The second-order valence-corrected chi connectivity index (χ2v) is 3.33. The van der Waals surface area contributed by atoms with Crippen LogP contribution in [0.3, 0.4) is 0 Å². The summed E-state index contributed by atoms with van der Waals surface area (Å²) in [6.07, 6.45) is 0.873. The lowest BCUT2D eigenvalue weighted by Gasteiger charge is -2.10. The molecule has 1 rings (SSSR count). The molecule has 0 radical (unpaired) electrons. The summed E-state index contributed by atoms with van der Waals surface area (Å²) >= 11 is 0. The van der Waals surface area contributed by atoms with Gasteiger partial charge < -0.3 is 10.1 Å². The highest BCUT2D eigenvalue weighted by molar-refractivity contribution is 5.06. The van der Waals surface area contributed by atoms with Crippen molar-refractivity contribution >= 4 is 0 Å². The zero-order chi connectivity index (χ0) is 11.3. The van der Waals surface area contributed by atoms with Crippen LogP contribution in [-0.4, -0.2) is 30.3 Å². The van der Waals surface area contributed by atoms with Gasteiger partial charge in [-0.25, -0.2) is 4.98 Å². The van der Waals surface area contributed by atoms with Crippen LogP contribution in [0, 0.1) is 6.92 Å². The van der Waals surface area contributed by atoms with Crippen LogP contribution in [0.4, 0.5) is 0 Å². The largest absolute Gasteiger partial charge is 0.468 e. The van der Waals surface area contributed by atoms with Gasteiger partial charge in [0.25, 0.3) is 11.6 Å². The Bertz CT molecular complexity index is 373. The van der Waals surface area contributed by atoms with Gasteiger partial charge in [-0.05, 0) is 26.9 Å². The molecule has 0 aromatic carbocycles. The van der Waals surface area contributed by atoms with E-state index in [4.69, 9.17) is 4.74 Å². The Labute approximate surface area is 89.1 Å². The number of aryl methyl sites for hydroxylation is 1. The molecular formula is C10H17N3O2. The zero-order valence-electron chi connectivity index (χ0n) is 9.41. The molecule has 0 saturated carbocycles. The van der Waals surface area contributed by atoms with Gasteiger partial charge >= 0.3 is 0 Å². The van der Waals surface area contributed by atoms with Gasteiger partial charge in [-0.3, -0.25) is 9.36 Å². The minimum atomic E-state index is -0.0598. The first kappa shape index (κ1) is 11.7. The Morgan fingerprint density at radius 3 is 2.93 bits per heavy atom. The number of nitrogens with one attached hydrogen (secondary N) is 1. The molecule has 5 nitrogen and oxygen atoms in total. The van der Waals surface area contributed by atoms with Crippen molar-refractivity contribution in [1.82, 2.24) is 14.9 Å². The van der Waals surface area contributed by atoms with Crippen molar-refractivity contribution < 1.29 is 4.74 Å². The number of nitrogens with zero attached hydrogens (tertiary/aromatic N) is 2. The van der Waals surface area contributed by atoms with Gasteiger partial charge in [-0.1, -0.05) is 0 Å². The van der Waals surface area contributed by atoms with Crippen LogP contribution in [0.5, 0.6) is 6.01 Å². The summed E-state index contributed by atoms with van der Waals surface area (Å²) in [5.74, 6) is 0. The average molecular weight is 211 g/mol. The van der Waals surface area contributed by atoms with E-state index in [-0.39, 0.29) is 5.56 Å². The summed E-state index contributed by atoms with van der Waals surface area (Å²) in [5, 5.41) is 3.03. The van der Waals surface area contributed by atoms with E-state index in [2.05, 4.69) is 10.3 Å². The molecule has 0 bridgehead atoms. The third kappa shape index (κ3) is 3.06. The molecule has 84 valence electrons. The van der Waals surface area contributed by atoms with Crippen LogP contribution in [0.2, 0.25) is 0 Å². The van der Waals surface area contributed by atoms with Crippen molar-refractivity contribution in [3.8, 4) is 6.01 Å². The Kier molecular flexibility index (Phi) is 4.30. The normalized spacial score (nSPS) is 10.3.